The van der Waals surface area contributed by atoms with E-state index < -0.39 is 0 Å². The standard InChI is InChI=1S/C16H18N4O2S/c1-12-9-13(2)11-14(10-12)22-7-4-6-19-16(21)20(18-17-19)15-5-3-8-23-15/h3,5,8-11H,4,6-7H2,1-2H3. The lowest BCUT2D eigenvalue weighted by Gasteiger charge is -2.07. The van der Waals surface area contributed by atoms with Crippen molar-refractivity contribution in [3.63, 3.8) is 0 Å². The third kappa shape index (κ3) is 3.68. The normalized spacial score (nSPS) is 10.9. The maximum atomic E-state index is 12.2. The monoisotopic (exact) mass is 330 g/mol. The van der Waals surface area contributed by atoms with Gasteiger partial charge in [-0.15, -0.1) is 11.3 Å². The molecule has 2 aromatic heterocycles. The summed E-state index contributed by atoms with van der Waals surface area (Å²) < 4.78 is 8.42. The Balaban J connectivity index is 1.56. The minimum atomic E-state index is -0.223. The summed E-state index contributed by atoms with van der Waals surface area (Å²) in [6.07, 6.45) is 0.691. The van der Waals surface area contributed by atoms with Crippen LogP contribution in [0.3, 0.4) is 0 Å². The fourth-order valence-corrected chi connectivity index (χ4v) is 3.03. The number of nitrogens with zero attached hydrogens (tertiary/aromatic N) is 4. The minimum absolute atomic E-state index is 0.223. The van der Waals surface area contributed by atoms with Crippen molar-refractivity contribution in [1.29, 1.82) is 0 Å². The van der Waals surface area contributed by atoms with Gasteiger partial charge in [0.15, 0.2) is 0 Å². The third-order valence-electron chi connectivity index (χ3n) is 3.33. The van der Waals surface area contributed by atoms with Crippen molar-refractivity contribution in [1.82, 2.24) is 19.8 Å². The van der Waals surface area contributed by atoms with Crippen LogP contribution in [0.2, 0.25) is 0 Å². The zero-order valence-electron chi connectivity index (χ0n) is 13.1. The molecule has 0 fully saturated rings. The second-order valence-corrected chi connectivity index (χ2v) is 6.30. The molecule has 6 nitrogen and oxygen atoms in total. The summed E-state index contributed by atoms with van der Waals surface area (Å²) in [5.74, 6) is 0.858. The summed E-state index contributed by atoms with van der Waals surface area (Å²) in [7, 11) is 0. The SMILES string of the molecule is Cc1cc(C)cc(OCCCn2nnn(-c3cccs3)c2=O)c1. The summed E-state index contributed by atoms with van der Waals surface area (Å²) in [5.41, 5.74) is 2.13. The van der Waals surface area contributed by atoms with Gasteiger partial charge in [-0.1, -0.05) is 6.07 Å². The first-order valence-corrected chi connectivity index (χ1v) is 8.29. The number of tetrazole rings is 1. The molecule has 0 aliphatic carbocycles. The Morgan fingerprint density at radius 3 is 2.65 bits per heavy atom. The van der Waals surface area contributed by atoms with E-state index >= 15 is 0 Å². The molecule has 0 saturated heterocycles. The van der Waals surface area contributed by atoms with Crippen molar-refractivity contribution in [2.45, 2.75) is 26.8 Å². The Hall–Kier alpha value is -2.41. The first-order chi connectivity index (χ1) is 11.1. The van der Waals surface area contributed by atoms with Crippen LogP contribution in [0, 0.1) is 13.8 Å². The second kappa shape index (κ2) is 6.78. The zero-order valence-corrected chi connectivity index (χ0v) is 13.9. The number of hydrogen-bond acceptors (Lipinski definition) is 5. The Morgan fingerprint density at radius 2 is 1.96 bits per heavy atom. The molecule has 0 saturated carbocycles. The van der Waals surface area contributed by atoms with Gasteiger partial charge in [0.2, 0.25) is 0 Å². The van der Waals surface area contributed by atoms with E-state index in [1.54, 1.807) is 0 Å². The van der Waals surface area contributed by atoms with E-state index in [2.05, 4.69) is 16.5 Å². The lowest BCUT2D eigenvalue weighted by Crippen LogP contribution is -2.24. The molecule has 3 rings (SSSR count). The molecular weight excluding hydrogens is 312 g/mol. The minimum Gasteiger partial charge on any atom is -0.494 e. The van der Waals surface area contributed by atoms with Gasteiger partial charge in [0.05, 0.1) is 13.2 Å². The summed E-state index contributed by atoms with van der Waals surface area (Å²) in [6, 6.07) is 9.84. The van der Waals surface area contributed by atoms with E-state index in [0.717, 1.165) is 10.8 Å². The smallest absolute Gasteiger partial charge is 0.369 e. The molecule has 0 aliphatic heterocycles. The molecular formula is C16H18N4O2S. The lowest BCUT2D eigenvalue weighted by molar-refractivity contribution is 0.296. The van der Waals surface area contributed by atoms with Crippen molar-refractivity contribution in [2.75, 3.05) is 6.61 Å². The van der Waals surface area contributed by atoms with Crippen LogP contribution < -0.4 is 10.4 Å². The number of aryl methyl sites for hydroxylation is 3. The number of benzene rings is 1. The maximum absolute atomic E-state index is 12.2. The van der Waals surface area contributed by atoms with Gasteiger partial charge in [0.25, 0.3) is 0 Å². The van der Waals surface area contributed by atoms with Crippen molar-refractivity contribution in [2.24, 2.45) is 0 Å². The second-order valence-electron chi connectivity index (χ2n) is 5.37. The van der Waals surface area contributed by atoms with Crippen molar-refractivity contribution in [3.8, 4) is 10.8 Å². The van der Waals surface area contributed by atoms with Gasteiger partial charge in [0.1, 0.15) is 10.8 Å². The number of ether oxygens (including phenoxy) is 1. The van der Waals surface area contributed by atoms with Crippen LogP contribution in [0.5, 0.6) is 5.75 Å². The predicted octanol–water partition coefficient (Wildman–Crippen LogP) is 2.58. The van der Waals surface area contributed by atoms with E-state index in [1.165, 1.54) is 31.8 Å². The van der Waals surface area contributed by atoms with E-state index in [-0.39, 0.29) is 5.69 Å². The van der Waals surface area contributed by atoms with Crippen LogP contribution in [0.4, 0.5) is 0 Å². The lowest BCUT2D eigenvalue weighted by atomic mass is 10.1. The third-order valence-corrected chi connectivity index (χ3v) is 4.18. The maximum Gasteiger partial charge on any atom is 0.369 e. The van der Waals surface area contributed by atoms with E-state index in [1.807, 2.05) is 43.5 Å². The molecule has 7 heteroatoms. The molecule has 23 heavy (non-hydrogen) atoms. The summed E-state index contributed by atoms with van der Waals surface area (Å²) >= 11 is 1.45. The molecule has 0 aliphatic rings. The largest absolute Gasteiger partial charge is 0.494 e. The van der Waals surface area contributed by atoms with Gasteiger partial charge >= 0.3 is 5.69 Å². The fourth-order valence-electron chi connectivity index (χ4n) is 2.36. The highest BCUT2D eigenvalue weighted by Crippen LogP contribution is 2.16. The van der Waals surface area contributed by atoms with E-state index in [9.17, 15) is 4.79 Å². The molecule has 2 heterocycles. The van der Waals surface area contributed by atoms with Crippen LogP contribution in [-0.4, -0.2) is 26.4 Å². The van der Waals surface area contributed by atoms with E-state index in [4.69, 9.17) is 4.74 Å². The molecule has 0 bridgehead atoms. The zero-order chi connectivity index (χ0) is 16.2. The van der Waals surface area contributed by atoms with Crippen LogP contribution in [0.15, 0.2) is 40.5 Å². The number of aromatic nitrogens is 4. The Morgan fingerprint density at radius 1 is 1.17 bits per heavy atom. The molecule has 3 aromatic rings. The van der Waals surface area contributed by atoms with Crippen LogP contribution in [0.25, 0.3) is 5.00 Å². The van der Waals surface area contributed by atoms with Gasteiger partial charge < -0.3 is 4.74 Å². The topological polar surface area (TPSA) is 61.9 Å². The molecule has 0 radical (unpaired) electrons. The molecule has 0 atom stereocenters. The number of thiophene rings is 1. The first kappa shape index (κ1) is 15.5. The van der Waals surface area contributed by atoms with Gasteiger partial charge in [0, 0.05) is 6.42 Å². The quantitative estimate of drug-likeness (QED) is 0.652. The van der Waals surface area contributed by atoms with Gasteiger partial charge in [-0.25, -0.2) is 4.79 Å². The highest BCUT2D eigenvalue weighted by Gasteiger charge is 2.09. The van der Waals surface area contributed by atoms with Gasteiger partial charge in [-0.3, -0.25) is 0 Å². The van der Waals surface area contributed by atoms with Crippen LogP contribution in [0.1, 0.15) is 17.5 Å². The molecule has 120 valence electrons. The molecule has 0 spiro atoms. The molecule has 1 aromatic carbocycles. The van der Waals surface area contributed by atoms with Crippen LogP contribution >= 0.6 is 11.3 Å². The van der Waals surface area contributed by atoms with Crippen molar-refractivity contribution < 1.29 is 4.74 Å². The Kier molecular flexibility index (Phi) is 4.57. The van der Waals surface area contributed by atoms with Crippen LogP contribution in [-0.2, 0) is 6.54 Å². The number of rotatable bonds is 6. The highest BCUT2D eigenvalue weighted by molar-refractivity contribution is 7.12. The summed E-state index contributed by atoms with van der Waals surface area (Å²) in [4.78, 5) is 12.2. The predicted molar refractivity (Wildman–Crippen MR) is 89.5 cm³/mol. The average molecular weight is 330 g/mol. The molecule has 0 unspecified atom stereocenters. The number of hydrogen-bond donors (Lipinski definition) is 0. The van der Waals surface area contributed by atoms with Crippen molar-refractivity contribution >= 4 is 11.3 Å². The first-order valence-electron chi connectivity index (χ1n) is 7.41. The fraction of sp³-hybridized carbons (Fsp3) is 0.312. The summed E-state index contributed by atoms with van der Waals surface area (Å²) in [5, 5.41) is 10.5. The average Bonchev–Trinajstić information content (AvgIpc) is 3.13. The van der Waals surface area contributed by atoms with Gasteiger partial charge in [-0.05, 0) is 65.0 Å². The Bertz CT molecular complexity index is 816. The van der Waals surface area contributed by atoms with E-state index in [0.29, 0.717) is 19.6 Å². The van der Waals surface area contributed by atoms with Gasteiger partial charge in [-0.2, -0.15) is 9.36 Å². The molecule has 0 N–H and O–H groups in total. The van der Waals surface area contributed by atoms with Crippen molar-refractivity contribution in [3.05, 3.63) is 57.3 Å². The Labute approximate surface area is 137 Å². The summed E-state index contributed by atoms with van der Waals surface area (Å²) in [6.45, 7) is 5.10. The molecule has 0 amide bonds. The highest BCUT2D eigenvalue weighted by atomic mass is 32.1.